The number of para-hydroxylation sites is 2. The van der Waals surface area contributed by atoms with E-state index in [2.05, 4.69) is 27.3 Å². The van der Waals surface area contributed by atoms with Crippen molar-refractivity contribution < 1.29 is 9.53 Å². The van der Waals surface area contributed by atoms with Gasteiger partial charge in [-0.1, -0.05) is 19.1 Å². The van der Waals surface area contributed by atoms with Crippen LogP contribution in [0.15, 0.2) is 36.4 Å². The van der Waals surface area contributed by atoms with Crippen LogP contribution in [0.3, 0.4) is 0 Å². The summed E-state index contributed by atoms with van der Waals surface area (Å²) < 4.78 is 5.43. The molecule has 7 nitrogen and oxygen atoms in total. The highest BCUT2D eigenvalue weighted by molar-refractivity contribution is 5.92. The molecule has 3 rings (SSSR count). The van der Waals surface area contributed by atoms with Crippen LogP contribution in [0.1, 0.15) is 23.8 Å². The number of piperazine rings is 1. The fourth-order valence-corrected chi connectivity index (χ4v) is 3.00. The highest BCUT2D eigenvalue weighted by Gasteiger charge is 2.24. The molecule has 0 atom stereocenters. The molecule has 1 aromatic carbocycles. The number of nitrogens with zero attached hydrogens (tertiary/aromatic N) is 4. The second-order valence-corrected chi connectivity index (χ2v) is 6.18. The topological polar surface area (TPSA) is 70.6 Å². The zero-order valence-electron chi connectivity index (χ0n) is 15.3. The van der Waals surface area contributed by atoms with Crippen molar-refractivity contribution >= 4 is 17.4 Å². The van der Waals surface area contributed by atoms with Crippen LogP contribution in [-0.2, 0) is 0 Å². The average molecular weight is 355 g/mol. The summed E-state index contributed by atoms with van der Waals surface area (Å²) in [6, 6.07) is 11.5. The summed E-state index contributed by atoms with van der Waals surface area (Å²) in [5.41, 5.74) is 1.45. The van der Waals surface area contributed by atoms with Gasteiger partial charge in [-0.3, -0.25) is 4.79 Å². The minimum Gasteiger partial charge on any atom is -0.495 e. The number of ether oxygens (including phenoxy) is 1. The Morgan fingerprint density at radius 1 is 1.12 bits per heavy atom. The van der Waals surface area contributed by atoms with Gasteiger partial charge in [-0.25, -0.2) is 0 Å². The molecule has 1 aromatic heterocycles. The van der Waals surface area contributed by atoms with E-state index in [4.69, 9.17) is 4.74 Å². The van der Waals surface area contributed by atoms with Crippen LogP contribution in [0.25, 0.3) is 0 Å². The number of anilines is 2. The van der Waals surface area contributed by atoms with Crippen LogP contribution in [0.5, 0.6) is 5.75 Å². The standard InChI is InChI=1S/C19H25N5O2/c1-3-10-20-18-9-8-15(21-22-18)19(25)24-13-11-23(12-14-24)16-6-4-5-7-17(16)26-2/h4-9H,3,10-14H2,1-2H3,(H,20,22). The minimum absolute atomic E-state index is 0.0702. The number of benzene rings is 1. The quantitative estimate of drug-likeness (QED) is 0.857. The molecule has 1 fully saturated rings. The maximum atomic E-state index is 12.7. The van der Waals surface area contributed by atoms with Gasteiger partial charge in [0.05, 0.1) is 12.8 Å². The summed E-state index contributed by atoms with van der Waals surface area (Å²) in [6.45, 7) is 5.74. The van der Waals surface area contributed by atoms with Crippen molar-refractivity contribution in [3.8, 4) is 5.75 Å². The molecule has 0 bridgehead atoms. The van der Waals surface area contributed by atoms with Crippen molar-refractivity contribution in [2.45, 2.75) is 13.3 Å². The molecule has 0 unspecified atom stereocenters. The average Bonchev–Trinajstić information content (AvgIpc) is 2.72. The van der Waals surface area contributed by atoms with Gasteiger partial charge in [0, 0.05) is 32.7 Å². The SMILES string of the molecule is CCCNc1ccc(C(=O)N2CCN(c3ccccc3OC)CC2)nn1. The Hall–Kier alpha value is -2.83. The zero-order valence-corrected chi connectivity index (χ0v) is 15.3. The molecule has 1 aliphatic rings. The van der Waals surface area contributed by atoms with E-state index in [0.717, 1.165) is 37.5 Å². The molecule has 1 amide bonds. The highest BCUT2D eigenvalue weighted by Crippen LogP contribution is 2.28. The van der Waals surface area contributed by atoms with Gasteiger partial charge in [0.25, 0.3) is 5.91 Å². The normalized spacial score (nSPS) is 14.2. The number of nitrogens with one attached hydrogen (secondary N) is 1. The first-order valence-corrected chi connectivity index (χ1v) is 8.97. The summed E-state index contributed by atoms with van der Waals surface area (Å²) in [5.74, 6) is 1.48. The van der Waals surface area contributed by atoms with Crippen molar-refractivity contribution in [2.24, 2.45) is 0 Å². The Kier molecular flexibility index (Phi) is 5.88. The van der Waals surface area contributed by atoms with E-state index >= 15 is 0 Å². The van der Waals surface area contributed by atoms with E-state index in [1.54, 1.807) is 19.2 Å². The van der Waals surface area contributed by atoms with Gasteiger partial charge in [0.15, 0.2) is 5.69 Å². The summed E-state index contributed by atoms with van der Waals surface area (Å²) in [7, 11) is 1.68. The van der Waals surface area contributed by atoms with Crippen molar-refractivity contribution in [3.05, 3.63) is 42.1 Å². The molecule has 0 radical (unpaired) electrons. The van der Waals surface area contributed by atoms with Crippen LogP contribution in [0.4, 0.5) is 11.5 Å². The Morgan fingerprint density at radius 3 is 2.54 bits per heavy atom. The molecular weight excluding hydrogens is 330 g/mol. The molecule has 1 aliphatic heterocycles. The van der Waals surface area contributed by atoms with Crippen LogP contribution >= 0.6 is 0 Å². The predicted molar refractivity (Wildman–Crippen MR) is 102 cm³/mol. The lowest BCUT2D eigenvalue weighted by Gasteiger charge is -2.36. The molecule has 0 spiro atoms. The van der Waals surface area contributed by atoms with Crippen LogP contribution in [-0.4, -0.2) is 60.8 Å². The molecule has 0 saturated carbocycles. The first-order chi connectivity index (χ1) is 12.7. The highest BCUT2D eigenvalue weighted by atomic mass is 16.5. The minimum atomic E-state index is -0.0702. The van der Waals surface area contributed by atoms with E-state index in [9.17, 15) is 4.79 Å². The summed E-state index contributed by atoms with van der Waals surface area (Å²) in [6.07, 6.45) is 1.01. The van der Waals surface area contributed by atoms with Crippen molar-refractivity contribution in [1.82, 2.24) is 15.1 Å². The number of carbonyl (C=O) groups is 1. The molecule has 1 N–H and O–H groups in total. The maximum Gasteiger partial charge on any atom is 0.274 e. The lowest BCUT2D eigenvalue weighted by atomic mass is 10.2. The van der Waals surface area contributed by atoms with Crippen molar-refractivity contribution in [3.63, 3.8) is 0 Å². The Morgan fingerprint density at radius 2 is 1.88 bits per heavy atom. The molecule has 1 saturated heterocycles. The van der Waals surface area contributed by atoms with E-state index < -0.39 is 0 Å². The number of rotatable bonds is 6. The second-order valence-electron chi connectivity index (χ2n) is 6.18. The van der Waals surface area contributed by atoms with Gasteiger partial charge in [0.2, 0.25) is 0 Å². The van der Waals surface area contributed by atoms with Crippen molar-refractivity contribution in [1.29, 1.82) is 0 Å². The number of aromatic nitrogens is 2. The Balaban J connectivity index is 1.60. The Bertz CT molecular complexity index is 727. The van der Waals surface area contributed by atoms with Gasteiger partial charge in [0.1, 0.15) is 11.6 Å². The summed E-state index contributed by atoms with van der Waals surface area (Å²) in [5, 5.41) is 11.3. The third-order valence-electron chi connectivity index (χ3n) is 4.43. The lowest BCUT2D eigenvalue weighted by molar-refractivity contribution is 0.0739. The predicted octanol–water partition coefficient (Wildman–Crippen LogP) is 2.27. The third-order valence-corrected chi connectivity index (χ3v) is 4.43. The molecule has 7 heteroatoms. The molecule has 26 heavy (non-hydrogen) atoms. The first kappa shape index (κ1) is 18.0. The van der Waals surface area contributed by atoms with E-state index in [-0.39, 0.29) is 5.91 Å². The van der Waals surface area contributed by atoms with Gasteiger partial charge in [-0.05, 0) is 30.7 Å². The van der Waals surface area contributed by atoms with Gasteiger partial charge in [-0.2, -0.15) is 0 Å². The smallest absolute Gasteiger partial charge is 0.274 e. The monoisotopic (exact) mass is 355 g/mol. The van der Waals surface area contributed by atoms with E-state index in [1.165, 1.54) is 0 Å². The van der Waals surface area contributed by atoms with Gasteiger partial charge in [-0.15, -0.1) is 10.2 Å². The first-order valence-electron chi connectivity index (χ1n) is 8.97. The van der Waals surface area contributed by atoms with Gasteiger partial charge >= 0.3 is 0 Å². The van der Waals surface area contributed by atoms with Crippen LogP contribution in [0.2, 0.25) is 0 Å². The fraction of sp³-hybridized carbons (Fsp3) is 0.421. The van der Waals surface area contributed by atoms with E-state index in [1.807, 2.05) is 29.2 Å². The maximum absolute atomic E-state index is 12.7. The summed E-state index contributed by atoms with van der Waals surface area (Å²) in [4.78, 5) is 16.7. The molecule has 2 heterocycles. The fourth-order valence-electron chi connectivity index (χ4n) is 3.00. The molecule has 2 aromatic rings. The Labute approximate surface area is 154 Å². The second kappa shape index (κ2) is 8.51. The third kappa shape index (κ3) is 4.04. The summed E-state index contributed by atoms with van der Waals surface area (Å²) >= 11 is 0. The number of methoxy groups -OCH3 is 1. The van der Waals surface area contributed by atoms with Crippen molar-refractivity contribution in [2.75, 3.05) is 50.1 Å². The number of amides is 1. The van der Waals surface area contributed by atoms with Gasteiger partial charge < -0.3 is 19.9 Å². The van der Waals surface area contributed by atoms with E-state index in [0.29, 0.717) is 24.6 Å². The molecular formula is C19H25N5O2. The largest absolute Gasteiger partial charge is 0.495 e. The van der Waals surface area contributed by atoms with Crippen LogP contribution < -0.4 is 15.0 Å². The molecule has 138 valence electrons. The lowest BCUT2D eigenvalue weighted by Crippen LogP contribution is -2.49. The zero-order chi connectivity index (χ0) is 18.4. The molecule has 0 aliphatic carbocycles. The number of carbonyl (C=O) groups excluding carboxylic acids is 1. The number of hydrogen-bond donors (Lipinski definition) is 1. The number of hydrogen-bond acceptors (Lipinski definition) is 6. The van der Waals surface area contributed by atoms with Crippen LogP contribution in [0, 0.1) is 0 Å².